The molecule has 0 amide bonds. The number of rotatable bonds is 3. The third-order valence-corrected chi connectivity index (χ3v) is 4.08. The highest BCUT2D eigenvalue weighted by atomic mass is 15.2. The molecule has 3 rings (SSSR count). The Balaban J connectivity index is 1.74. The van der Waals surface area contributed by atoms with Gasteiger partial charge in [-0.3, -0.25) is 4.98 Å². The van der Waals surface area contributed by atoms with Crippen LogP contribution >= 0.6 is 0 Å². The molecule has 2 unspecified atom stereocenters. The highest BCUT2D eigenvalue weighted by Gasteiger charge is 2.36. The Labute approximate surface area is 102 Å². The fourth-order valence-corrected chi connectivity index (χ4v) is 3.24. The maximum Gasteiger partial charge on any atom is 0.147 e. The van der Waals surface area contributed by atoms with Gasteiger partial charge in [0.1, 0.15) is 5.82 Å². The predicted octanol–water partition coefficient (Wildman–Crippen LogP) is 1.43. The van der Waals surface area contributed by atoms with Crippen LogP contribution in [0.15, 0.2) is 12.4 Å². The summed E-state index contributed by atoms with van der Waals surface area (Å²) in [5.41, 5.74) is 1.03. The Kier molecular flexibility index (Phi) is 2.97. The first-order valence-electron chi connectivity index (χ1n) is 6.57. The van der Waals surface area contributed by atoms with Crippen LogP contribution in [0.1, 0.15) is 25.0 Å². The minimum Gasteiger partial charge on any atom is -0.355 e. The molecular formula is C13H20N4. The van der Waals surface area contributed by atoms with Crippen LogP contribution < -0.4 is 10.2 Å². The number of hydrogen-bond acceptors (Lipinski definition) is 4. The van der Waals surface area contributed by atoms with Crippen LogP contribution in [0.2, 0.25) is 0 Å². The van der Waals surface area contributed by atoms with Crippen LogP contribution in [0, 0.1) is 11.8 Å². The summed E-state index contributed by atoms with van der Waals surface area (Å²) >= 11 is 0. The highest BCUT2D eigenvalue weighted by Crippen LogP contribution is 2.38. The number of hydrogen-bond donors (Lipinski definition) is 1. The van der Waals surface area contributed by atoms with Crippen molar-refractivity contribution in [2.24, 2.45) is 11.8 Å². The van der Waals surface area contributed by atoms with E-state index in [1.54, 1.807) is 0 Å². The molecule has 0 aromatic carbocycles. The first-order valence-corrected chi connectivity index (χ1v) is 6.57. The predicted molar refractivity (Wildman–Crippen MR) is 67.8 cm³/mol. The van der Waals surface area contributed by atoms with Crippen molar-refractivity contribution in [3.63, 3.8) is 0 Å². The van der Waals surface area contributed by atoms with Gasteiger partial charge in [-0.25, -0.2) is 4.98 Å². The second-order valence-electron chi connectivity index (χ2n) is 5.25. The Bertz CT molecular complexity index is 381. The molecule has 1 N–H and O–H groups in total. The van der Waals surface area contributed by atoms with Crippen molar-refractivity contribution in [2.75, 3.05) is 25.0 Å². The van der Waals surface area contributed by atoms with E-state index in [2.05, 4.69) is 20.2 Å². The third kappa shape index (κ3) is 2.14. The number of nitrogens with zero attached hydrogens (tertiary/aromatic N) is 3. The van der Waals surface area contributed by atoms with Crippen molar-refractivity contribution >= 4 is 5.82 Å². The fraction of sp³-hybridized carbons (Fsp3) is 0.692. The van der Waals surface area contributed by atoms with Crippen LogP contribution in [0.25, 0.3) is 0 Å². The van der Waals surface area contributed by atoms with Crippen LogP contribution in [0.5, 0.6) is 0 Å². The van der Waals surface area contributed by atoms with E-state index in [9.17, 15) is 0 Å². The van der Waals surface area contributed by atoms with E-state index in [0.717, 1.165) is 29.9 Å². The lowest BCUT2D eigenvalue weighted by atomic mass is 10.0. The zero-order valence-corrected chi connectivity index (χ0v) is 10.4. The molecule has 0 spiro atoms. The summed E-state index contributed by atoms with van der Waals surface area (Å²) in [6, 6.07) is 0. The van der Waals surface area contributed by atoms with Gasteiger partial charge in [0.05, 0.1) is 11.9 Å². The smallest absolute Gasteiger partial charge is 0.147 e. The molecule has 17 heavy (non-hydrogen) atoms. The van der Waals surface area contributed by atoms with E-state index >= 15 is 0 Å². The minimum atomic E-state index is 0.793. The van der Waals surface area contributed by atoms with E-state index in [4.69, 9.17) is 0 Å². The molecule has 2 atom stereocenters. The average molecular weight is 232 g/mol. The Morgan fingerprint density at radius 3 is 2.76 bits per heavy atom. The molecule has 4 heteroatoms. The number of anilines is 1. The summed E-state index contributed by atoms with van der Waals surface area (Å²) in [6.07, 6.45) is 7.99. The van der Waals surface area contributed by atoms with Gasteiger partial charge < -0.3 is 10.2 Å². The zero-order chi connectivity index (χ0) is 11.7. The topological polar surface area (TPSA) is 41.1 Å². The Hall–Kier alpha value is -1.16. The van der Waals surface area contributed by atoms with E-state index in [-0.39, 0.29) is 0 Å². The second-order valence-corrected chi connectivity index (χ2v) is 5.25. The molecule has 1 aliphatic carbocycles. The van der Waals surface area contributed by atoms with Crippen molar-refractivity contribution in [2.45, 2.75) is 25.8 Å². The van der Waals surface area contributed by atoms with Crippen molar-refractivity contribution < 1.29 is 0 Å². The summed E-state index contributed by atoms with van der Waals surface area (Å²) in [7, 11) is 1.94. The van der Waals surface area contributed by atoms with Crippen molar-refractivity contribution in [3.8, 4) is 0 Å². The fourth-order valence-electron chi connectivity index (χ4n) is 3.24. The molecule has 0 radical (unpaired) electrons. The molecular weight excluding hydrogens is 212 g/mol. The van der Waals surface area contributed by atoms with Crippen molar-refractivity contribution in [3.05, 3.63) is 18.1 Å². The normalized spacial score (nSPS) is 27.5. The van der Waals surface area contributed by atoms with Gasteiger partial charge in [0, 0.05) is 25.8 Å². The summed E-state index contributed by atoms with van der Waals surface area (Å²) in [6.45, 7) is 3.16. The zero-order valence-electron chi connectivity index (χ0n) is 10.4. The lowest BCUT2D eigenvalue weighted by Crippen LogP contribution is -2.22. The molecule has 0 bridgehead atoms. The lowest BCUT2D eigenvalue weighted by Gasteiger charge is -2.18. The second kappa shape index (κ2) is 4.61. The molecule has 4 nitrogen and oxygen atoms in total. The van der Waals surface area contributed by atoms with Crippen molar-refractivity contribution in [1.82, 2.24) is 15.3 Å². The van der Waals surface area contributed by atoms with Gasteiger partial charge in [-0.15, -0.1) is 0 Å². The molecule has 1 aliphatic heterocycles. The van der Waals surface area contributed by atoms with E-state index in [1.165, 1.54) is 32.4 Å². The molecule has 2 heterocycles. The SMILES string of the molecule is CNCc1cncc(N2CC3CCCC3C2)n1. The quantitative estimate of drug-likeness (QED) is 0.856. The molecule has 92 valence electrons. The van der Waals surface area contributed by atoms with Gasteiger partial charge in [-0.2, -0.15) is 0 Å². The minimum absolute atomic E-state index is 0.793. The summed E-state index contributed by atoms with van der Waals surface area (Å²) in [5, 5.41) is 3.12. The van der Waals surface area contributed by atoms with E-state index in [1.807, 2.05) is 19.4 Å². The van der Waals surface area contributed by atoms with E-state index in [0.29, 0.717) is 0 Å². The molecule has 2 fully saturated rings. The van der Waals surface area contributed by atoms with Crippen molar-refractivity contribution in [1.29, 1.82) is 0 Å². The maximum atomic E-state index is 4.67. The van der Waals surface area contributed by atoms with Crippen LogP contribution in [-0.4, -0.2) is 30.1 Å². The van der Waals surface area contributed by atoms with Gasteiger partial charge in [-0.1, -0.05) is 6.42 Å². The summed E-state index contributed by atoms with van der Waals surface area (Å²) in [4.78, 5) is 11.4. The largest absolute Gasteiger partial charge is 0.355 e. The van der Waals surface area contributed by atoms with E-state index < -0.39 is 0 Å². The number of aromatic nitrogens is 2. The standard InChI is InChI=1S/C13H20N4/c1-14-5-12-6-15-7-13(16-12)17-8-10-3-2-4-11(10)9-17/h6-7,10-11,14H,2-5,8-9H2,1H3. The van der Waals surface area contributed by atoms with Gasteiger partial charge in [0.15, 0.2) is 0 Å². The Morgan fingerprint density at radius 2 is 2.06 bits per heavy atom. The Morgan fingerprint density at radius 1 is 1.29 bits per heavy atom. The molecule has 1 aromatic rings. The maximum absolute atomic E-state index is 4.67. The molecule has 1 saturated heterocycles. The first-order chi connectivity index (χ1) is 8.36. The molecule has 2 aliphatic rings. The first kappa shape index (κ1) is 11.0. The van der Waals surface area contributed by atoms with Gasteiger partial charge >= 0.3 is 0 Å². The highest BCUT2D eigenvalue weighted by molar-refractivity contribution is 5.38. The summed E-state index contributed by atoms with van der Waals surface area (Å²) in [5.74, 6) is 2.88. The van der Waals surface area contributed by atoms with Gasteiger partial charge in [0.2, 0.25) is 0 Å². The van der Waals surface area contributed by atoms with Crippen LogP contribution in [0.3, 0.4) is 0 Å². The third-order valence-electron chi connectivity index (χ3n) is 4.08. The van der Waals surface area contributed by atoms with Gasteiger partial charge in [0.25, 0.3) is 0 Å². The molecule has 1 saturated carbocycles. The average Bonchev–Trinajstić information content (AvgIpc) is 2.89. The van der Waals surface area contributed by atoms with Crippen LogP contribution in [-0.2, 0) is 6.54 Å². The summed E-state index contributed by atoms with van der Waals surface area (Å²) < 4.78 is 0. The molecule has 1 aromatic heterocycles. The monoisotopic (exact) mass is 232 g/mol. The van der Waals surface area contributed by atoms with Crippen LogP contribution in [0.4, 0.5) is 5.82 Å². The number of nitrogens with one attached hydrogen (secondary N) is 1. The van der Waals surface area contributed by atoms with Gasteiger partial charge in [-0.05, 0) is 31.7 Å². The number of fused-ring (bicyclic) bond motifs is 1. The lowest BCUT2D eigenvalue weighted by molar-refractivity contribution is 0.494.